The third kappa shape index (κ3) is 2.74. The number of hydrogen-bond acceptors (Lipinski definition) is 1. The Morgan fingerprint density at radius 3 is 2.29 bits per heavy atom. The van der Waals surface area contributed by atoms with Gasteiger partial charge in [0.05, 0.1) is 5.76 Å². The molecule has 0 unspecified atom stereocenters. The van der Waals surface area contributed by atoms with Crippen LogP contribution >= 0.6 is 0 Å². The van der Waals surface area contributed by atoms with Crippen molar-refractivity contribution in [3.05, 3.63) is 24.0 Å². The molecule has 14 heavy (non-hydrogen) atoms. The first kappa shape index (κ1) is 11.6. The maximum absolute atomic E-state index is 6.19. The van der Waals surface area contributed by atoms with Crippen molar-refractivity contribution in [3.63, 3.8) is 0 Å². The fourth-order valence-corrected chi connectivity index (χ4v) is 2.27. The fraction of sp³-hybridized carbons (Fsp3) is 0.667. The van der Waals surface area contributed by atoms with Gasteiger partial charge in [0.2, 0.25) is 8.32 Å². The summed E-state index contributed by atoms with van der Waals surface area (Å²) < 4.78 is 6.19. The van der Waals surface area contributed by atoms with Gasteiger partial charge in [0.25, 0.3) is 0 Å². The molecule has 0 spiro atoms. The highest BCUT2D eigenvalue weighted by atomic mass is 28.4. The molecule has 0 fully saturated rings. The molecule has 0 saturated heterocycles. The van der Waals surface area contributed by atoms with Gasteiger partial charge in [0, 0.05) is 6.42 Å². The largest absolute Gasteiger partial charge is 0.547 e. The van der Waals surface area contributed by atoms with Crippen molar-refractivity contribution < 1.29 is 4.43 Å². The molecule has 0 aliphatic heterocycles. The van der Waals surface area contributed by atoms with E-state index in [4.69, 9.17) is 4.43 Å². The van der Waals surface area contributed by atoms with Gasteiger partial charge in [-0.2, -0.15) is 0 Å². The molecule has 0 aromatic rings. The first-order chi connectivity index (χ1) is 6.33. The van der Waals surface area contributed by atoms with Crippen molar-refractivity contribution >= 4 is 8.32 Å². The van der Waals surface area contributed by atoms with Crippen LogP contribution in [-0.4, -0.2) is 8.32 Å². The van der Waals surface area contributed by atoms with Crippen molar-refractivity contribution in [1.29, 1.82) is 0 Å². The molecule has 0 aromatic heterocycles. The third-order valence-corrected chi connectivity index (χ3v) is 7.54. The molecule has 1 nitrogen and oxygen atoms in total. The molecule has 1 aliphatic carbocycles. The molecule has 1 rings (SSSR count). The fourth-order valence-electron chi connectivity index (χ4n) is 1.14. The van der Waals surface area contributed by atoms with Crippen molar-refractivity contribution in [1.82, 2.24) is 0 Å². The van der Waals surface area contributed by atoms with E-state index in [1.807, 2.05) is 0 Å². The Morgan fingerprint density at radius 2 is 1.86 bits per heavy atom. The first-order valence-electron chi connectivity index (χ1n) is 5.36. The standard InChI is InChI=1S/C12H22OSi/c1-12(2,3)14(4,5)13-11-9-7-6-8-10-11/h6-7,10H,8-9H2,1-5H3. The summed E-state index contributed by atoms with van der Waals surface area (Å²) in [6, 6.07) is 0. The van der Waals surface area contributed by atoms with E-state index < -0.39 is 8.32 Å². The van der Waals surface area contributed by atoms with E-state index in [1.54, 1.807) is 0 Å². The van der Waals surface area contributed by atoms with Crippen LogP contribution in [0.3, 0.4) is 0 Å². The molecule has 0 amide bonds. The average Bonchev–Trinajstić information content (AvgIpc) is 2.03. The van der Waals surface area contributed by atoms with E-state index in [9.17, 15) is 0 Å². The summed E-state index contributed by atoms with van der Waals surface area (Å²) in [6.07, 6.45) is 8.61. The van der Waals surface area contributed by atoms with Crippen LogP contribution in [0.4, 0.5) is 0 Å². The molecule has 0 N–H and O–H groups in total. The van der Waals surface area contributed by atoms with Gasteiger partial charge in [-0.1, -0.05) is 32.9 Å². The average molecular weight is 210 g/mol. The normalized spacial score (nSPS) is 17.9. The van der Waals surface area contributed by atoms with E-state index >= 15 is 0 Å². The Bertz CT molecular complexity index is 256. The Balaban J connectivity index is 2.63. The number of rotatable bonds is 2. The van der Waals surface area contributed by atoms with E-state index in [2.05, 4.69) is 52.1 Å². The van der Waals surface area contributed by atoms with E-state index in [0.717, 1.165) is 12.8 Å². The molecule has 0 heterocycles. The molecule has 0 atom stereocenters. The van der Waals surface area contributed by atoms with Crippen molar-refractivity contribution in [3.8, 4) is 0 Å². The highest BCUT2D eigenvalue weighted by Crippen LogP contribution is 2.38. The number of hydrogen-bond donors (Lipinski definition) is 0. The van der Waals surface area contributed by atoms with Crippen LogP contribution in [0.5, 0.6) is 0 Å². The Kier molecular flexibility index (Phi) is 3.25. The lowest BCUT2D eigenvalue weighted by atomic mass is 10.2. The lowest BCUT2D eigenvalue weighted by Gasteiger charge is -2.37. The topological polar surface area (TPSA) is 9.23 Å². The lowest BCUT2D eigenvalue weighted by Crippen LogP contribution is -2.40. The van der Waals surface area contributed by atoms with Crippen molar-refractivity contribution in [2.75, 3.05) is 0 Å². The Labute approximate surface area is 89.0 Å². The van der Waals surface area contributed by atoms with Crippen LogP contribution < -0.4 is 0 Å². The van der Waals surface area contributed by atoms with Gasteiger partial charge in [-0.3, -0.25) is 0 Å². The van der Waals surface area contributed by atoms with E-state index in [0.29, 0.717) is 5.04 Å². The van der Waals surface area contributed by atoms with Crippen molar-refractivity contribution in [2.24, 2.45) is 0 Å². The smallest absolute Gasteiger partial charge is 0.250 e. The van der Waals surface area contributed by atoms with Crippen LogP contribution in [0.1, 0.15) is 33.6 Å². The molecule has 0 radical (unpaired) electrons. The molecule has 80 valence electrons. The maximum atomic E-state index is 6.19. The van der Waals surface area contributed by atoms with Crippen LogP contribution in [0, 0.1) is 0 Å². The molecule has 0 bridgehead atoms. The zero-order chi connectivity index (χ0) is 10.8. The minimum absolute atomic E-state index is 0.301. The van der Waals surface area contributed by atoms with Crippen molar-refractivity contribution in [2.45, 2.75) is 51.7 Å². The van der Waals surface area contributed by atoms with Crippen LogP contribution in [0.25, 0.3) is 0 Å². The summed E-state index contributed by atoms with van der Waals surface area (Å²) in [6.45, 7) is 11.4. The monoisotopic (exact) mass is 210 g/mol. The van der Waals surface area contributed by atoms with Crippen LogP contribution in [-0.2, 0) is 4.43 Å². The lowest BCUT2D eigenvalue weighted by molar-refractivity contribution is 0.373. The molecule has 0 saturated carbocycles. The summed E-state index contributed by atoms with van der Waals surface area (Å²) in [7, 11) is -1.59. The molecule has 2 heteroatoms. The second-order valence-electron chi connectivity index (χ2n) is 5.44. The van der Waals surface area contributed by atoms with Crippen LogP contribution in [0.2, 0.25) is 18.1 Å². The predicted octanol–water partition coefficient (Wildman–Crippen LogP) is 4.24. The van der Waals surface area contributed by atoms with Crippen LogP contribution in [0.15, 0.2) is 24.0 Å². The van der Waals surface area contributed by atoms with E-state index in [1.165, 1.54) is 5.76 Å². The van der Waals surface area contributed by atoms with E-state index in [-0.39, 0.29) is 0 Å². The Morgan fingerprint density at radius 1 is 1.21 bits per heavy atom. The summed E-state index contributed by atoms with van der Waals surface area (Å²) in [4.78, 5) is 0. The summed E-state index contributed by atoms with van der Waals surface area (Å²) in [5.74, 6) is 1.18. The molecule has 1 aliphatic rings. The van der Waals surface area contributed by atoms with Gasteiger partial charge in [-0.25, -0.2) is 0 Å². The summed E-state index contributed by atoms with van der Waals surface area (Å²) >= 11 is 0. The van der Waals surface area contributed by atoms with Gasteiger partial charge < -0.3 is 4.43 Å². The maximum Gasteiger partial charge on any atom is 0.250 e. The van der Waals surface area contributed by atoms with Gasteiger partial charge in [-0.05, 0) is 30.6 Å². The van der Waals surface area contributed by atoms with Gasteiger partial charge in [0.1, 0.15) is 0 Å². The molecular formula is C12H22OSi. The quantitative estimate of drug-likeness (QED) is 0.489. The predicted molar refractivity (Wildman–Crippen MR) is 64.7 cm³/mol. The zero-order valence-electron chi connectivity index (χ0n) is 10.1. The van der Waals surface area contributed by atoms with Gasteiger partial charge in [0.15, 0.2) is 0 Å². The minimum atomic E-state index is -1.59. The SMILES string of the molecule is CC(C)(C)[Si](C)(C)OC1=CCC=CC1. The second kappa shape index (κ2) is 3.93. The van der Waals surface area contributed by atoms with Gasteiger partial charge >= 0.3 is 0 Å². The summed E-state index contributed by atoms with van der Waals surface area (Å²) in [5, 5.41) is 0.301. The Hall–Kier alpha value is -0.503. The molecule has 0 aromatic carbocycles. The minimum Gasteiger partial charge on any atom is -0.547 e. The highest BCUT2D eigenvalue weighted by molar-refractivity contribution is 6.74. The van der Waals surface area contributed by atoms with Gasteiger partial charge in [-0.15, -0.1) is 0 Å². The number of allylic oxidation sites excluding steroid dienone is 3. The second-order valence-corrected chi connectivity index (χ2v) is 10.2. The highest BCUT2D eigenvalue weighted by Gasteiger charge is 2.39. The first-order valence-corrected chi connectivity index (χ1v) is 8.27. The third-order valence-electron chi connectivity index (χ3n) is 3.16. The molecular weight excluding hydrogens is 188 g/mol. The summed E-state index contributed by atoms with van der Waals surface area (Å²) in [5.41, 5.74) is 0. The zero-order valence-corrected chi connectivity index (χ0v) is 11.1.